The van der Waals surface area contributed by atoms with Crippen molar-refractivity contribution in [3.05, 3.63) is 0 Å². The molecule has 3 amide bonds. The van der Waals surface area contributed by atoms with Crippen LogP contribution in [0.4, 0.5) is 0 Å². The average Bonchev–Trinajstić information content (AvgIpc) is 2.70. The number of hydrogen-bond donors (Lipinski definition) is 7. The van der Waals surface area contributed by atoms with Crippen molar-refractivity contribution in [2.75, 3.05) is 6.54 Å². The molecule has 0 spiro atoms. The molecule has 0 aliphatic rings. The smallest absolute Gasteiger partial charge is 0.326 e. The normalized spacial score (nSPS) is 14.4. The Hall–Kier alpha value is -3.22. The third kappa shape index (κ3) is 11.5. The maximum absolute atomic E-state index is 12.4. The molecule has 4 unspecified atom stereocenters. The van der Waals surface area contributed by atoms with Gasteiger partial charge in [-0.25, -0.2) is 4.79 Å². The number of carboxylic acids is 3. The zero-order valence-electron chi connectivity index (χ0n) is 17.4. The van der Waals surface area contributed by atoms with Gasteiger partial charge < -0.3 is 37.0 Å². The van der Waals surface area contributed by atoms with E-state index in [0.717, 1.165) is 0 Å². The summed E-state index contributed by atoms with van der Waals surface area (Å²) >= 11 is 0. The molecule has 0 radical (unpaired) electrons. The van der Waals surface area contributed by atoms with Crippen LogP contribution in [0, 0.1) is 5.92 Å². The van der Waals surface area contributed by atoms with E-state index in [9.17, 15) is 28.8 Å². The Balaban J connectivity index is 4.94. The predicted molar refractivity (Wildman–Crippen MR) is 106 cm³/mol. The molecular formula is C18H30N4O9. The molecule has 0 saturated carbocycles. The van der Waals surface area contributed by atoms with E-state index in [0.29, 0.717) is 6.42 Å². The van der Waals surface area contributed by atoms with E-state index in [-0.39, 0.29) is 18.8 Å². The first-order valence-electron chi connectivity index (χ1n) is 9.68. The van der Waals surface area contributed by atoms with Gasteiger partial charge in [-0.2, -0.15) is 0 Å². The molecule has 13 nitrogen and oxygen atoms in total. The Bertz CT molecular complexity index is 683. The summed E-state index contributed by atoms with van der Waals surface area (Å²) in [6.45, 7) is 2.91. The van der Waals surface area contributed by atoms with Crippen molar-refractivity contribution in [1.29, 1.82) is 0 Å². The van der Waals surface area contributed by atoms with Gasteiger partial charge in [0.2, 0.25) is 17.7 Å². The van der Waals surface area contributed by atoms with Crippen molar-refractivity contribution in [2.45, 2.75) is 64.1 Å². The Labute approximate surface area is 178 Å². The van der Waals surface area contributed by atoms with E-state index in [4.69, 9.17) is 21.1 Å². The second-order valence-electron chi connectivity index (χ2n) is 7.01. The number of carbonyl (C=O) groups is 6. The Morgan fingerprint density at radius 3 is 1.81 bits per heavy atom. The third-order valence-electron chi connectivity index (χ3n) is 4.54. The summed E-state index contributed by atoms with van der Waals surface area (Å²) in [5.74, 6) is -6.45. The summed E-state index contributed by atoms with van der Waals surface area (Å²) in [6.07, 6.45) is -0.913. The number of hydrogen-bond acceptors (Lipinski definition) is 7. The molecule has 176 valence electrons. The first-order chi connectivity index (χ1) is 14.4. The van der Waals surface area contributed by atoms with E-state index in [1.807, 2.05) is 6.92 Å². The van der Waals surface area contributed by atoms with Crippen LogP contribution in [0.1, 0.15) is 46.0 Å². The van der Waals surface area contributed by atoms with Crippen molar-refractivity contribution in [1.82, 2.24) is 16.0 Å². The Morgan fingerprint density at radius 1 is 0.839 bits per heavy atom. The van der Waals surface area contributed by atoms with Gasteiger partial charge in [-0.3, -0.25) is 24.0 Å². The fourth-order valence-electron chi connectivity index (χ4n) is 2.38. The molecule has 0 aliphatic carbocycles. The summed E-state index contributed by atoms with van der Waals surface area (Å²) < 4.78 is 0. The average molecular weight is 446 g/mol. The van der Waals surface area contributed by atoms with Gasteiger partial charge in [0, 0.05) is 12.8 Å². The van der Waals surface area contributed by atoms with Crippen LogP contribution >= 0.6 is 0 Å². The highest BCUT2D eigenvalue weighted by Crippen LogP contribution is 2.07. The minimum absolute atomic E-state index is 0.187. The summed E-state index contributed by atoms with van der Waals surface area (Å²) in [5.41, 5.74) is 5.81. The Kier molecular flexibility index (Phi) is 12.5. The minimum atomic E-state index is -1.46. The molecule has 8 N–H and O–H groups in total. The maximum atomic E-state index is 12.4. The first-order valence-corrected chi connectivity index (χ1v) is 9.68. The van der Waals surface area contributed by atoms with Crippen molar-refractivity contribution in [3.63, 3.8) is 0 Å². The summed E-state index contributed by atoms with van der Waals surface area (Å²) in [7, 11) is 0. The van der Waals surface area contributed by atoms with E-state index in [1.54, 1.807) is 6.92 Å². The van der Waals surface area contributed by atoms with E-state index in [2.05, 4.69) is 16.0 Å². The van der Waals surface area contributed by atoms with Crippen LogP contribution in [0.5, 0.6) is 0 Å². The van der Waals surface area contributed by atoms with Gasteiger partial charge in [-0.15, -0.1) is 0 Å². The fourth-order valence-corrected chi connectivity index (χ4v) is 2.38. The van der Waals surface area contributed by atoms with Crippen LogP contribution in [0.25, 0.3) is 0 Å². The highest BCUT2D eigenvalue weighted by atomic mass is 16.4. The van der Waals surface area contributed by atoms with Crippen LogP contribution in [0.2, 0.25) is 0 Å². The molecule has 0 aliphatic heterocycles. The van der Waals surface area contributed by atoms with Gasteiger partial charge in [0.25, 0.3) is 0 Å². The van der Waals surface area contributed by atoms with Crippen molar-refractivity contribution in [3.8, 4) is 0 Å². The predicted octanol–water partition coefficient (Wildman–Crippen LogP) is -1.74. The number of rotatable bonds is 15. The van der Waals surface area contributed by atoms with Crippen LogP contribution < -0.4 is 21.7 Å². The Morgan fingerprint density at radius 2 is 1.35 bits per heavy atom. The SMILES string of the molecule is CCC(C)C(N)C(=O)NC(CCC(=O)O)C(=O)NCC(=O)NC(CCC(=O)O)C(=O)O. The van der Waals surface area contributed by atoms with E-state index in [1.165, 1.54) is 0 Å². The molecule has 31 heavy (non-hydrogen) atoms. The fraction of sp³-hybridized carbons (Fsp3) is 0.667. The van der Waals surface area contributed by atoms with Gasteiger partial charge >= 0.3 is 17.9 Å². The highest BCUT2D eigenvalue weighted by Gasteiger charge is 2.27. The van der Waals surface area contributed by atoms with Crippen LogP contribution in [0.15, 0.2) is 0 Å². The second kappa shape index (κ2) is 13.9. The lowest BCUT2D eigenvalue weighted by Gasteiger charge is -2.23. The van der Waals surface area contributed by atoms with Crippen molar-refractivity contribution < 1.29 is 44.1 Å². The van der Waals surface area contributed by atoms with E-state index >= 15 is 0 Å². The lowest BCUT2D eigenvalue weighted by Crippen LogP contribution is -2.54. The van der Waals surface area contributed by atoms with Crippen molar-refractivity contribution >= 4 is 35.6 Å². The monoisotopic (exact) mass is 446 g/mol. The lowest BCUT2D eigenvalue weighted by atomic mass is 9.98. The summed E-state index contributed by atoms with van der Waals surface area (Å²) in [5, 5.41) is 33.1. The number of carboxylic acid groups (broad SMARTS) is 3. The molecule has 0 heterocycles. The molecule has 4 atom stereocenters. The molecule has 0 bridgehead atoms. The molecule has 0 aromatic rings. The number of nitrogens with one attached hydrogen (secondary N) is 3. The number of nitrogens with two attached hydrogens (primary N) is 1. The van der Waals surface area contributed by atoms with Gasteiger partial charge in [-0.05, 0) is 18.8 Å². The van der Waals surface area contributed by atoms with Gasteiger partial charge in [0.15, 0.2) is 0 Å². The first kappa shape index (κ1) is 27.8. The van der Waals surface area contributed by atoms with Crippen LogP contribution in [0.3, 0.4) is 0 Å². The van der Waals surface area contributed by atoms with Crippen LogP contribution in [-0.4, -0.2) is 75.6 Å². The summed E-state index contributed by atoms with van der Waals surface area (Å²) in [6, 6.07) is -3.65. The van der Waals surface area contributed by atoms with Gasteiger partial charge in [0.1, 0.15) is 12.1 Å². The number of carbonyl (C=O) groups excluding carboxylic acids is 3. The lowest BCUT2D eigenvalue weighted by molar-refractivity contribution is -0.143. The largest absolute Gasteiger partial charge is 0.481 e. The topological polar surface area (TPSA) is 225 Å². The van der Waals surface area contributed by atoms with Crippen LogP contribution in [-0.2, 0) is 28.8 Å². The zero-order chi connectivity index (χ0) is 24.1. The second-order valence-corrected chi connectivity index (χ2v) is 7.01. The standard InChI is InChI=1S/C18H30N4O9/c1-3-9(2)15(19)17(29)22-10(4-6-13(24)25)16(28)20-8-12(23)21-11(18(30)31)5-7-14(26)27/h9-11,15H,3-8,19H2,1-2H3,(H,20,28)(H,21,23)(H,22,29)(H,24,25)(H,26,27)(H,30,31). The molecule has 13 heteroatoms. The molecule has 0 saturated heterocycles. The van der Waals surface area contributed by atoms with Gasteiger partial charge in [0.05, 0.1) is 12.6 Å². The molecular weight excluding hydrogens is 416 g/mol. The summed E-state index contributed by atoms with van der Waals surface area (Å²) in [4.78, 5) is 69.0. The number of aliphatic carboxylic acids is 3. The van der Waals surface area contributed by atoms with Gasteiger partial charge in [-0.1, -0.05) is 20.3 Å². The molecule has 0 aromatic heterocycles. The minimum Gasteiger partial charge on any atom is -0.481 e. The van der Waals surface area contributed by atoms with Crippen molar-refractivity contribution in [2.24, 2.45) is 11.7 Å². The number of amides is 3. The molecule has 0 rings (SSSR count). The molecule has 0 fully saturated rings. The highest BCUT2D eigenvalue weighted by molar-refractivity contribution is 5.93. The third-order valence-corrected chi connectivity index (χ3v) is 4.54. The molecule has 0 aromatic carbocycles. The quantitative estimate of drug-likeness (QED) is 0.150. The van der Waals surface area contributed by atoms with E-state index < -0.39 is 73.1 Å². The maximum Gasteiger partial charge on any atom is 0.326 e. The zero-order valence-corrected chi connectivity index (χ0v) is 17.4.